The second-order valence-electron chi connectivity index (χ2n) is 5.47. The van der Waals surface area contributed by atoms with E-state index in [1.165, 1.54) is 13.4 Å². The monoisotopic (exact) mass is 328 g/mol. The van der Waals surface area contributed by atoms with Gasteiger partial charge in [0.25, 0.3) is 0 Å². The Balaban J connectivity index is 2.15. The van der Waals surface area contributed by atoms with Crippen LogP contribution in [-0.4, -0.2) is 34.5 Å². The topological polar surface area (TPSA) is 78.3 Å². The molecule has 2 aromatic rings. The molecule has 0 unspecified atom stereocenters. The van der Waals surface area contributed by atoms with Crippen LogP contribution in [0.3, 0.4) is 0 Å². The number of hydrogen-bond acceptors (Lipinski definition) is 6. The molecule has 126 valence electrons. The maximum Gasteiger partial charge on any atom is 0.338 e. The summed E-state index contributed by atoms with van der Waals surface area (Å²) in [4.78, 5) is 16.6. The molecule has 0 saturated heterocycles. The minimum absolute atomic E-state index is 0.406. The van der Waals surface area contributed by atoms with E-state index in [0.717, 1.165) is 17.7 Å². The van der Waals surface area contributed by atoms with Crippen molar-refractivity contribution >= 4 is 11.9 Å². The number of aromatic nitrogens is 3. The zero-order valence-corrected chi connectivity index (χ0v) is 13.9. The van der Waals surface area contributed by atoms with E-state index in [4.69, 9.17) is 9.47 Å². The van der Waals surface area contributed by atoms with Crippen molar-refractivity contribution in [2.45, 2.75) is 26.3 Å². The van der Waals surface area contributed by atoms with Gasteiger partial charge in [0.1, 0.15) is 18.1 Å². The van der Waals surface area contributed by atoms with Crippen LogP contribution in [0.25, 0.3) is 0 Å². The van der Waals surface area contributed by atoms with E-state index >= 15 is 0 Å². The lowest BCUT2D eigenvalue weighted by Crippen LogP contribution is -2.29. The Labute approximate surface area is 140 Å². The van der Waals surface area contributed by atoms with Gasteiger partial charge in [0.05, 0.1) is 19.3 Å². The number of methoxy groups -OCH3 is 1. The van der Waals surface area contributed by atoms with Gasteiger partial charge in [-0.05, 0) is 19.4 Å². The van der Waals surface area contributed by atoms with Gasteiger partial charge in [-0.15, -0.1) is 0 Å². The van der Waals surface area contributed by atoms with Crippen LogP contribution < -0.4 is 10.1 Å². The third kappa shape index (κ3) is 2.73. The number of carbonyl (C=O) groups is 1. The average Bonchev–Trinajstić information content (AvgIpc) is 3.06. The van der Waals surface area contributed by atoms with Gasteiger partial charge in [-0.3, -0.25) is 0 Å². The Morgan fingerprint density at radius 3 is 2.92 bits per heavy atom. The van der Waals surface area contributed by atoms with Crippen molar-refractivity contribution in [1.29, 1.82) is 0 Å². The number of benzene rings is 1. The van der Waals surface area contributed by atoms with E-state index < -0.39 is 12.0 Å². The summed E-state index contributed by atoms with van der Waals surface area (Å²) >= 11 is 0. The summed E-state index contributed by atoms with van der Waals surface area (Å²) in [5, 5.41) is 7.38. The van der Waals surface area contributed by atoms with Gasteiger partial charge in [-0.2, -0.15) is 10.1 Å². The summed E-state index contributed by atoms with van der Waals surface area (Å²) < 4.78 is 12.5. The molecular weight excluding hydrogens is 308 g/mol. The summed E-state index contributed by atoms with van der Waals surface area (Å²) in [6, 6.07) is 7.20. The summed E-state index contributed by atoms with van der Waals surface area (Å²) in [5.41, 5.74) is 2.03. The molecule has 1 aromatic heterocycles. The number of allylic oxidation sites excluding steroid dienone is 1. The number of nitrogens with zero attached hydrogens (tertiary/aromatic N) is 3. The molecule has 1 aliphatic heterocycles. The number of ether oxygens (including phenoxy) is 2. The molecule has 0 amide bonds. The number of esters is 1. The van der Waals surface area contributed by atoms with Gasteiger partial charge in [-0.25, -0.2) is 9.48 Å². The SMILES string of the molecule is CCCOc1ccccc1[C@@H]1C(C(=O)OC)=C(C)Nc2ncnn21. The first-order chi connectivity index (χ1) is 11.7. The fraction of sp³-hybridized carbons (Fsp3) is 0.353. The molecule has 0 saturated carbocycles. The first-order valence-electron chi connectivity index (χ1n) is 7.84. The van der Waals surface area contributed by atoms with E-state index in [0.29, 0.717) is 23.8 Å². The number of fused-ring (bicyclic) bond motifs is 1. The first-order valence-corrected chi connectivity index (χ1v) is 7.84. The van der Waals surface area contributed by atoms with Gasteiger partial charge in [-0.1, -0.05) is 25.1 Å². The number of carbonyl (C=O) groups excluding carboxylic acids is 1. The molecule has 0 radical (unpaired) electrons. The van der Waals surface area contributed by atoms with E-state index in [-0.39, 0.29) is 0 Å². The first kappa shape index (κ1) is 16.0. The fourth-order valence-corrected chi connectivity index (χ4v) is 2.80. The van der Waals surface area contributed by atoms with Crippen molar-refractivity contribution in [3.8, 4) is 5.75 Å². The highest BCUT2D eigenvalue weighted by Crippen LogP contribution is 2.38. The molecule has 0 bridgehead atoms. The largest absolute Gasteiger partial charge is 0.493 e. The molecule has 24 heavy (non-hydrogen) atoms. The van der Waals surface area contributed by atoms with E-state index in [1.54, 1.807) is 4.68 Å². The molecule has 7 heteroatoms. The van der Waals surface area contributed by atoms with Crippen LogP contribution in [-0.2, 0) is 9.53 Å². The van der Waals surface area contributed by atoms with Crippen LogP contribution in [0.5, 0.6) is 5.75 Å². The van der Waals surface area contributed by atoms with Crippen molar-refractivity contribution in [2.24, 2.45) is 0 Å². The van der Waals surface area contributed by atoms with Crippen LogP contribution >= 0.6 is 0 Å². The van der Waals surface area contributed by atoms with Gasteiger partial charge in [0.15, 0.2) is 0 Å². The van der Waals surface area contributed by atoms with Crippen molar-refractivity contribution < 1.29 is 14.3 Å². The van der Waals surface area contributed by atoms with Crippen LogP contribution in [0.1, 0.15) is 31.9 Å². The molecule has 1 aliphatic rings. The van der Waals surface area contributed by atoms with E-state index in [9.17, 15) is 4.79 Å². The lowest BCUT2D eigenvalue weighted by atomic mass is 9.95. The Hall–Kier alpha value is -2.83. The summed E-state index contributed by atoms with van der Waals surface area (Å²) in [5.74, 6) is 0.897. The molecule has 0 spiro atoms. The standard InChI is InChI=1S/C17H20N4O3/c1-4-9-24-13-8-6-5-7-12(13)15-14(16(22)23-3)11(2)20-17-18-10-19-21(15)17/h5-8,10,15H,4,9H2,1-3H3,(H,18,19,20)/t15-/m1/s1. The number of rotatable bonds is 5. The van der Waals surface area contributed by atoms with Crippen LogP contribution in [0.4, 0.5) is 5.95 Å². The van der Waals surface area contributed by atoms with Crippen molar-refractivity contribution in [1.82, 2.24) is 14.8 Å². The molecule has 1 aromatic carbocycles. The molecule has 7 nitrogen and oxygen atoms in total. The number of nitrogens with one attached hydrogen (secondary N) is 1. The smallest absolute Gasteiger partial charge is 0.338 e. The van der Waals surface area contributed by atoms with E-state index in [2.05, 4.69) is 15.4 Å². The van der Waals surface area contributed by atoms with Gasteiger partial charge < -0.3 is 14.8 Å². The minimum Gasteiger partial charge on any atom is -0.493 e. The second-order valence-corrected chi connectivity index (χ2v) is 5.47. The Morgan fingerprint density at radius 2 is 2.17 bits per heavy atom. The highest BCUT2D eigenvalue weighted by atomic mass is 16.5. The summed E-state index contributed by atoms with van der Waals surface area (Å²) in [7, 11) is 1.37. The zero-order chi connectivity index (χ0) is 17.1. The highest BCUT2D eigenvalue weighted by Gasteiger charge is 2.35. The highest BCUT2D eigenvalue weighted by molar-refractivity contribution is 5.92. The Kier molecular flexibility index (Phi) is 4.50. The second kappa shape index (κ2) is 6.74. The van der Waals surface area contributed by atoms with Gasteiger partial charge >= 0.3 is 5.97 Å². The third-order valence-electron chi connectivity index (χ3n) is 3.87. The average molecular weight is 328 g/mol. The number of hydrogen-bond donors (Lipinski definition) is 1. The minimum atomic E-state index is -0.454. The predicted molar refractivity (Wildman–Crippen MR) is 88.7 cm³/mol. The van der Waals surface area contributed by atoms with Crippen molar-refractivity contribution in [3.63, 3.8) is 0 Å². The maximum absolute atomic E-state index is 12.4. The molecular formula is C17H20N4O3. The molecule has 2 heterocycles. The van der Waals surface area contributed by atoms with Crippen molar-refractivity contribution in [2.75, 3.05) is 19.0 Å². The number of para-hydroxylation sites is 1. The number of anilines is 1. The third-order valence-corrected chi connectivity index (χ3v) is 3.87. The quantitative estimate of drug-likeness (QED) is 0.850. The summed E-state index contributed by atoms with van der Waals surface area (Å²) in [6.07, 6.45) is 2.35. The molecule has 1 N–H and O–H groups in total. The molecule has 3 rings (SSSR count). The molecule has 1 atom stereocenters. The maximum atomic E-state index is 12.4. The lowest BCUT2D eigenvalue weighted by molar-refractivity contribution is -0.136. The Bertz CT molecular complexity index is 782. The van der Waals surface area contributed by atoms with E-state index in [1.807, 2.05) is 38.1 Å². The fourth-order valence-electron chi connectivity index (χ4n) is 2.80. The van der Waals surface area contributed by atoms with Crippen molar-refractivity contribution in [3.05, 3.63) is 47.4 Å². The lowest BCUT2D eigenvalue weighted by Gasteiger charge is -2.29. The normalized spacial score (nSPS) is 16.4. The van der Waals surface area contributed by atoms with Gasteiger partial charge in [0.2, 0.25) is 5.95 Å². The predicted octanol–water partition coefficient (Wildman–Crippen LogP) is 2.53. The van der Waals surface area contributed by atoms with Crippen LogP contribution in [0.2, 0.25) is 0 Å². The molecule has 0 fully saturated rings. The van der Waals surface area contributed by atoms with Crippen LogP contribution in [0, 0.1) is 0 Å². The van der Waals surface area contributed by atoms with Crippen LogP contribution in [0.15, 0.2) is 41.9 Å². The van der Waals surface area contributed by atoms with Gasteiger partial charge in [0, 0.05) is 11.3 Å². The Morgan fingerprint density at radius 1 is 1.38 bits per heavy atom. The molecule has 0 aliphatic carbocycles. The summed E-state index contributed by atoms with van der Waals surface area (Å²) in [6.45, 7) is 4.47. The zero-order valence-electron chi connectivity index (χ0n) is 13.9.